The average molecular weight is 1410 g/mol. The molecule has 19 heteroatoms. The van der Waals surface area contributed by atoms with Gasteiger partial charge in [0.1, 0.15) is 19.3 Å². The zero-order valence-corrected chi connectivity index (χ0v) is 64.5. The third-order valence-corrected chi connectivity index (χ3v) is 20.2. The van der Waals surface area contributed by atoms with Gasteiger partial charge >= 0.3 is 39.5 Å². The minimum Gasteiger partial charge on any atom is -0.462 e. The smallest absolute Gasteiger partial charge is 0.462 e. The van der Waals surface area contributed by atoms with Crippen molar-refractivity contribution in [3.63, 3.8) is 0 Å². The number of aliphatic hydroxyl groups excluding tert-OH is 1. The number of phosphoric acid groups is 2. The molecule has 0 aromatic rings. The van der Waals surface area contributed by atoms with E-state index in [-0.39, 0.29) is 25.7 Å². The van der Waals surface area contributed by atoms with Crippen LogP contribution >= 0.6 is 15.6 Å². The SMILES string of the molecule is CCCCCCCCCCCCCCCCCCC(=O)O[C@H](COC(=O)CCCCCCCCCCCCCCCCC)COP(=O)(O)OC[C@@H](O)COP(=O)(O)OC[C@@H](COC(=O)CCCCCCCCCCC(C)CC)OC(=O)CCCCCCCCCCCCC(C)C. The maximum atomic E-state index is 13.1. The molecular weight excluding hydrogens is 1260 g/mol. The van der Waals surface area contributed by atoms with Crippen LogP contribution in [0.2, 0.25) is 0 Å². The number of carbonyl (C=O) groups is 4. The second-order valence-electron chi connectivity index (χ2n) is 28.5. The van der Waals surface area contributed by atoms with E-state index in [0.717, 1.165) is 102 Å². The highest BCUT2D eigenvalue weighted by Crippen LogP contribution is 2.45. The van der Waals surface area contributed by atoms with Crippen LogP contribution in [0.4, 0.5) is 0 Å². The second-order valence-corrected chi connectivity index (χ2v) is 31.4. The maximum Gasteiger partial charge on any atom is 0.472 e. The first-order valence-corrected chi connectivity index (χ1v) is 43.0. The van der Waals surface area contributed by atoms with E-state index >= 15 is 0 Å². The summed E-state index contributed by atoms with van der Waals surface area (Å²) in [7, 11) is -9.91. The van der Waals surface area contributed by atoms with Crippen LogP contribution in [-0.4, -0.2) is 96.7 Å². The Balaban J connectivity index is 5.27. The molecule has 0 amide bonds. The number of hydrogen-bond acceptors (Lipinski definition) is 15. The third kappa shape index (κ3) is 69.2. The molecule has 3 unspecified atom stereocenters. The molecule has 0 heterocycles. The Bertz CT molecular complexity index is 1860. The fraction of sp³-hybridized carbons (Fsp3) is 0.948. The maximum absolute atomic E-state index is 13.1. The molecule has 0 fully saturated rings. The monoisotopic (exact) mass is 1410 g/mol. The van der Waals surface area contributed by atoms with Crippen LogP contribution in [-0.2, 0) is 65.4 Å². The zero-order chi connectivity index (χ0) is 70.7. The Labute approximate surface area is 588 Å². The number of unbranched alkanes of at least 4 members (excludes halogenated alkanes) is 45. The molecule has 0 aliphatic rings. The van der Waals surface area contributed by atoms with Crippen LogP contribution in [0.25, 0.3) is 0 Å². The molecule has 570 valence electrons. The number of hydrogen-bond donors (Lipinski definition) is 3. The van der Waals surface area contributed by atoms with Gasteiger partial charge in [-0.25, -0.2) is 9.13 Å². The summed E-state index contributed by atoms with van der Waals surface area (Å²) in [5.74, 6) is -0.583. The van der Waals surface area contributed by atoms with Crippen molar-refractivity contribution in [1.29, 1.82) is 0 Å². The number of esters is 4. The lowest BCUT2D eigenvalue weighted by Gasteiger charge is -2.21. The van der Waals surface area contributed by atoms with Crippen molar-refractivity contribution in [2.45, 2.75) is 419 Å². The summed E-state index contributed by atoms with van der Waals surface area (Å²) in [5.41, 5.74) is 0. The Morgan fingerprint density at radius 2 is 0.531 bits per heavy atom. The Kier molecular flexibility index (Phi) is 67.4. The van der Waals surface area contributed by atoms with E-state index in [1.165, 1.54) is 218 Å². The van der Waals surface area contributed by atoms with Crippen LogP contribution in [0.15, 0.2) is 0 Å². The zero-order valence-electron chi connectivity index (χ0n) is 62.7. The molecule has 17 nitrogen and oxygen atoms in total. The summed E-state index contributed by atoms with van der Waals surface area (Å²) in [6, 6.07) is 0. The van der Waals surface area contributed by atoms with E-state index in [2.05, 4.69) is 41.5 Å². The minimum absolute atomic E-state index is 0.106. The molecular formula is C77H150O17P2. The van der Waals surface area contributed by atoms with Gasteiger partial charge in [-0.05, 0) is 37.5 Å². The van der Waals surface area contributed by atoms with Crippen molar-refractivity contribution in [2.24, 2.45) is 11.8 Å². The summed E-state index contributed by atoms with van der Waals surface area (Å²) in [6.07, 6.45) is 56.7. The van der Waals surface area contributed by atoms with E-state index in [1.54, 1.807) is 0 Å². The van der Waals surface area contributed by atoms with Gasteiger partial charge in [-0.2, -0.15) is 0 Å². The van der Waals surface area contributed by atoms with Crippen LogP contribution in [0.3, 0.4) is 0 Å². The molecule has 0 saturated heterocycles. The lowest BCUT2D eigenvalue weighted by molar-refractivity contribution is -0.161. The summed E-state index contributed by atoms with van der Waals surface area (Å²) < 4.78 is 68.6. The quantitative estimate of drug-likeness (QED) is 0.0222. The van der Waals surface area contributed by atoms with E-state index < -0.39 is 97.5 Å². The van der Waals surface area contributed by atoms with Gasteiger partial charge < -0.3 is 33.8 Å². The molecule has 3 N–H and O–H groups in total. The first-order valence-electron chi connectivity index (χ1n) is 40.0. The molecule has 0 aliphatic carbocycles. The number of rotatable bonds is 76. The van der Waals surface area contributed by atoms with Crippen molar-refractivity contribution in [3.8, 4) is 0 Å². The van der Waals surface area contributed by atoms with Gasteiger partial charge in [-0.3, -0.25) is 37.3 Å². The summed E-state index contributed by atoms with van der Waals surface area (Å²) in [4.78, 5) is 72.9. The predicted octanol–water partition coefficient (Wildman–Crippen LogP) is 22.7. The van der Waals surface area contributed by atoms with Crippen LogP contribution in [0, 0.1) is 11.8 Å². The fourth-order valence-corrected chi connectivity index (χ4v) is 13.4. The van der Waals surface area contributed by atoms with Gasteiger partial charge in [-0.1, -0.05) is 350 Å². The highest BCUT2D eigenvalue weighted by atomic mass is 31.2. The Morgan fingerprint density at radius 3 is 0.792 bits per heavy atom. The minimum atomic E-state index is -4.96. The molecule has 0 aromatic carbocycles. The first kappa shape index (κ1) is 94.1. The molecule has 0 spiro atoms. The number of carbonyl (C=O) groups excluding carboxylic acids is 4. The van der Waals surface area contributed by atoms with E-state index in [0.29, 0.717) is 25.7 Å². The molecule has 0 bridgehead atoms. The van der Waals surface area contributed by atoms with E-state index in [1.807, 2.05) is 0 Å². The molecule has 0 saturated carbocycles. The van der Waals surface area contributed by atoms with Crippen molar-refractivity contribution in [2.75, 3.05) is 39.6 Å². The van der Waals surface area contributed by atoms with Gasteiger partial charge in [0.15, 0.2) is 12.2 Å². The number of aliphatic hydroxyl groups is 1. The van der Waals surface area contributed by atoms with Gasteiger partial charge in [0.2, 0.25) is 0 Å². The normalized spacial score (nSPS) is 14.3. The topological polar surface area (TPSA) is 237 Å². The third-order valence-electron chi connectivity index (χ3n) is 18.3. The summed E-state index contributed by atoms with van der Waals surface area (Å²) >= 11 is 0. The van der Waals surface area contributed by atoms with Gasteiger partial charge in [0.25, 0.3) is 0 Å². The van der Waals surface area contributed by atoms with Gasteiger partial charge in [0, 0.05) is 25.7 Å². The highest BCUT2D eigenvalue weighted by Gasteiger charge is 2.30. The first-order chi connectivity index (χ1) is 46.4. The predicted molar refractivity (Wildman–Crippen MR) is 391 cm³/mol. The lowest BCUT2D eigenvalue weighted by Crippen LogP contribution is -2.30. The fourth-order valence-electron chi connectivity index (χ4n) is 11.8. The molecule has 0 radical (unpaired) electrons. The van der Waals surface area contributed by atoms with Crippen molar-refractivity contribution < 1.29 is 80.2 Å². The average Bonchev–Trinajstić information content (AvgIpc) is 1.16. The Morgan fingerprint density at radius 1 is 0.302 bits per heavy atom. The largest absolute Gasteiger partial charge is 0.472 e. The number of phosphoric ester groups is 2. The van der Waals surface area contributed by atoms with Crippen molar-refractivity contribution in [3.05, 3.63) is 0 Å². The second kappa shape index (κ2) is 68.8. The van der Waals surface area contributed by atoms with Crippen LogP contribution in [0.5, 0.6) is 0 Å². The molecule has 0 rings (SSSR count). The van der Waals surface area contributed by atoms with Crippen molar-refractivity contribution in [1.82, 2.24) is 0 Å². The Hall–Kier alpha value is -1.94. The standard InChI is InChI=1S/C77H150O17P2/c1-7-10-12-14-16-18-20-22-24-26-28-30-35-43-49-55-61-76(81)93-72(65-87-74(79)59-53-47-41-34-29-27-25-23-21-19-17-15-13-11-8-2)67-91-95(83,84)89-63-71(78)64-90-96(85,86)92-68-73(66-88-75(80)60-54-48-42-38-37-40-46-52-58-70(6)9-3)94-77(82)62-56-50-44-36-32-31-33-39-45-51-57-69(4)5/h69-73,78H,7-68H2,1-6H3,(H,83,84)(H,85,86)/t70?,71-,72-,73-/m1/s1. The van der Waals surface area contributed by atoms with Gasteiger partial charge in [-0.15, -0.1) is 0 Å². The summed E-state index contributed by atoms with van der Waals surface area (Å²) in [5, 5.41) is 10.6. The van der Waals surface area contributed by atoms with E-state index in [9.17, 15) is 43.2 Å². The van der Waals surface area contributed by atoms with Crippen LogP contribution in [0.1, 0.15) is 401 Å². The molecule has 96 heavy (non-hydrogen) atoms. The molecule has 0 aromatic heterocycles. The van der Waals surface area contributed by atoms with E-state index in [4.69, 9.17) is 37.0 Å². The summed E-state index contributed by atoms with van der Waals surface area (Å²) in [6.45, 7) is 9.61. The van der Waals surface area contributed by atoms with Crippen molar-refractivity contribution >= 4 is 39.5 Å². The number of ether oxygens (including phenoxy) is 4. The molecule has 6 atom stereocenters. The lowest BCUT2D eigenvalue weighted by atomic mass is 9.99. The van der Waals surface area contributed by atoms with Crippen LogP contribution < -0.4 is 0 Å². The molecule has 0 aliphatic heterocycles. The highest BCUT2D eigenvalue weighted by molar-refractivity contribution is 7.47. The van der Waals surface area contributed by atoms with Gasteiger partial charge in [0.05, 0.1) is 26.4 Å².